The molecule has 3 aromatic heterocycles. The Morgan fingerprint density at radius 3 is 2.58 bits per heavy atom. The van der Waals surface area contributed by atoms with Gasteiger partial charge in [-0.2, -0.15) is 23.4 Å². The molecule has 1 amide bonds. The molecule has 0 saturated heterocycles. The minimum Gasteiger partial charge on any atom is -0.364 e. The van der Waals surface area contributed by atoms with Gasteiger partial charge >= 0.3 is 6.18 Å². The highest BCUT2D eigenvalue weighted by molar-refractivity contribution is 5.90. The highest BCUT2D eigenvalue weighted by Crippen LogP contribution is 2.30. The summed E-state index contributed by atoms with van der Waals surface area (Å²) >= 11 is 0. The monoisotopic (exact) mass is 337 g/mol. The van der Waals surface area contributed by atoms with Gasteiger partial charge in [0.15, 0.2) is 5.69 Å². The maximum atomic E-state index is 13.1. The summed E-state index contributed by atoms with van der Waals surface area (Å²) < 4.78 is 41.7. The molecular weight excluding hydrogens is 327 g/mol. The summed E-state index contributed by atoms with van der Waals surface area (Å²) in [6.45, 7) is 0. The van der Waals surface area contributed by atoms with E-state index in [9.17, 15) is 18.0 Å². The molecule has 0 radical (unpaired) electrons. The molecule has 0 aliphatic carbocycles. The molecule has 0 aliphatic rings. The number of halogens is 3. The number of hydrogen-bond acceptors (Lipinski definition) is 5. The Morgan fingerprint density at radius 1 is 1.29 bits per heavy atom. The normalized spacial score (nSPS) is 11.7. The molecule has 8 nitrogen and oxygen atoms in total. The average Bonchev–Trinajstić information content (AvgIpc) is 3.14. The molecule has 11 heteroatoms. The van der Waals surface area contributed by atoms with Crippen LogP contribution in [-0.4, -0.2) is 35.4 Å². The van der Waals surface area contributed by atoms with Crippen LogP contribution in [0.5, 0.6) is 0 Å². The maximum Gasteiger partial charge on any atom is 0.433 e. The van der Waals surface area contributed by atoms with Crippen molar-refractivity contribution >= 4 is 5.91 Å². The number of carbonyl (C=O) groups is 1. The maximum absolute atomic E-state index is 13.1. The van der Waals surface area contributed by atoms with Gasteiger partial charge in [-0.05, 0) is 12.1 Å². The molecule has 0 spiro atoms. The number of carbonyl (C=O) groups excluding carboxylic acids is 1. The molecule has 0 bridgehead atoms. The molecule has 0 fully saturated rings. The van der Waals surface area contributed by atoms with Crippen LogP contribution in [0.25, 0.3) is 17.2 Å². The number of aromatic nitrogens is 6. The van der Waals surface area contributed by atoms with Crippen LogP contribution in [0.15, 0.2) is 30.7 Å². The molecule has 3 rings (SSSR count). The molecule has 3 aromatic rings. The van der Waals surface area contributed by atoms with Crippen LogP contribution >= 0.6 is 0 Å². The van der Waals surface area contributed by atoms with Gasteiger partial charge in [-0.1, -0.05) is 0 Å². The van der Waals surface area contributed by atoms with Crippen molar-refractivity contribution in [2.24, 2.45) is 12.8 Å². The van der Waals surface area contributed by atoms with Crippen LogP contribution in [0.3, 0.4) is 0 Å². The molecular formula is C13H10F3N7O. The fourth-order valence-corrected chi connectivity index (χ4v) is 1.95. The minimum atomic E-state index is -4.67. The third-order valence-corrected chi connectivity index (χ3v) is 3.05. The molecule has 0 saturated carbocycles. The van der Waals surface area contributed by atoms with Crippen molar-refractivity contribution in [3.05, 3.63) is 42.1 Å². The first-order valence-corrected chi connectivity index (χ1v) is 6.55. The molecule has 2 N–H and O–H groups in total. The highest BCUT2D eigenvalue weighted by atomic mass is 19.4. The molecule has 0 aliphatic heterocycles. The van der Waals surface area contributed by atoms with Crippen molar-refractivity contribution in [3.63, 3.8) is 0 Å². The van der Waals surface area contributed by atoms with Crippen LogP contribution in [0.1, 0.15) is 16.2 Å². The molecule has 24 heavy (non-hydrogen) atoms. The molecule has 3 heterocycles. The van der Waals surface area contributed by atoms with Gasteiger partial charge < -0.3 is 5.73 Å². The van der Waals surface area contributed by atoms with Crippen molar-refractivity contribution in [3.8, 4) is 17.2 Å². The fraction of sp³-hybridized carbons (Fsp3) is 0.154. The first-order valence-electron chi connectivity index (χ1n) is 6.55. The van der Waals surface area contributed by atoms with E-state index in [1.54, 1.807) is 7.05 Å². The van der Waals surface area contributed by atoms with Crippen molar-refractivity contribution < 1.29 is 18.0 Å². The van der Waals surface area contributed by atoms with E-state index in [0.29, 0.717) is 5.56 Å². The summed E-state index contributed by atoms with van der Waals surface area (Å²) in [4.78, 5) is 18.6. The quantitative estimate of drug-likeness (QED) is 0.773. The molecule has 124 valence electrons. The zero-order valence-corrected chi connectivity index (χ0v) is 12.2. The smallest absolute Gasteiger partial charge is 0.364 e. The predicted octanol–water partition coefficient (Wildman–Crippen LogP) is 1.18. The highest BCUT2D eigenvalue weighted by Gasteiger charge is 2.34. The second-order valence-corrected chi connectivity index (χ2v) is 4.85. The number of nitrogens with two attached hydrogens (primary N) is 1. The third-order valence-electron chi connectivity index (χ3n) is 3.05. The number of amides is 1. The zero-order chi connectivity index (χ0) is 17.5. The Hall–Kier alpha value is -3.24. The van der Waals surface area contributed by atoms with Gasteiger partial charge in [-0.25, -0.2) is 14.6 Å². The summed E-state index contributed by atoms with van der Waals surface area (Å²) in [6.07, 6.45) is -0.523. The Kier molecular flexibility index (Phi) is 3.55. The van der Waals surface area contributed by atoms with E-state index in [1.807, 2.05) is 0 Å². The lowest BCUT2D eigenvalue weighted by Gasteiger charge is -2.09. The lowest BCUT2D eigenvalue weighted by Crippen LogP contribution is -2.15. The van der Waals surface area contributed by atoms with Crippen LogP contribution in [0.4, 0.5) is 13.2 Å². The largest absolute Gasteiger partial charge is 0.433 e. The van der Waals surface area contributed by atoms with Gasteiger partial charge in [0.2, 0.25) is 0 Å². The van der Waals surface area contributed by atoms with Crippen LogP contribution in [0, 0.1) is 0 Å². The van der Waals surface area contributed by atoms with Gasteiger partial charge in [-0.3, -0.25) is 9.48 Å². The number of rotatable bonds is 3. The number of nitrogens with zero attached hydrogens (tertiary/aromatic N) is 6. The van der Waals surface area contributed by atoms with Gasteiger partial charge in [0.1, 0.15) is 5.69 Å². The Labute approximate surface area is 132 Å². The zero-order valence-electron chi connectivity index (χ0n) is 12.2. The van der Waals surface area contributed by atoms with Crippen molar-refractivity contribution in [1.29, 1.82) is 0 Å². The second kappa shape index (κ2) is 5.44. The van der Waals surface area contributed by atoms with Gasteiger partial charge in [-0.15, -0.1) is 0 Å². The van der Waals surface area contributed by atoms with Crippen LogP contribution in [0.2, 0.25) is 0 Å². The summed E-state index contributed by atoms with van der Waals surface area (Å²) in [5.41, 5.74) is 4.24. The van der Waals surface area contributed by atoms with E-state index >= 15 is 0 Å². The van der Waals surface area contributed by atoms with Crippen LogP contribution in [-0.2, 0) is 13.2 Å². The van der Waals surface area contributed by atoms with Crippen molar-refractivity contribution in [2.45, 2.75) is 6.18 Å². The van der Waals surface area contributed by atoms with Crippen LogP contribution < -0.4 is 5.73 Å². The first-order chi connectivity index (χ1) is 11.2. The number of alkyl halides is 3. The second-order valence-electron chi connectivity index (χ2n) is 4.85. The third kappa shape index (κ3) is 2.95. The molecule has 0 atom stereocenters. The van der Waals surface area contributed by atoms with Crippen molar-refractivity contribution in [2.75, 3.05) is 0 Å². The lowest BCUT2D eigenvalue weighted by atomic mass is 10.2. The average molecular weight is 337 g/mol. The van der Waals surface area contributed by atoms with Gasteiger partial charge in [0.05, 0.1) is 11.9 Å². The standard InChI is InChI=1S/C13H10F3N7O/c1-22-6-7(5-18-22)9-4-10(13(14,15)16)20-12(19-9)23-3-2-8(21-23)11(17)24/h2-6H,1H3,(H2,17,24). The summed E-state index contributed by atoms with van der Waals surface area (Å²) in [5.74, 6) is -1.15. The summed E-state index contributed by atoms with van der Waals surface area (Å²) in [5, 5.41) is 7.68. The minimum absolute atomic E-state index is 0.0246. The molecule has 0 unspecified atom stereocenters. The molecule has 0 aromatic carbocycles. The number of primary amides is 1. The Morgan fingerprint density at radius 2 is 2.04 bits per heavy atom. The Bertz CT molecular complexity index is 912. The predicted molar refractivity (Wildman–Crippen MR) is 74.9 cm³/mol. The summed E-state index contributed by atoms with van der Waals surface area (Å²) in [6, 6.07) is 2.08. The van der Waals surface area contributed by atoms with E-state index < -0.39 is 17.8 Å². The summed E-state index contributed by atoms with van der Waals surface area (Å²) in [7, 11) is 1.63. The van der Waals surface area contributed by atoms with E-state index in [1.165, 1.54) is 29.3 Å². The Balaban J connectivity index is 2.16. The first kappa shape index (κ1) is 15.6. The van der Waals surface area contributed by atoms with Crippen molar-refractivity contribution in [1.82, 2.24) is 29.5 Å². The lowest BCUT2D eigenvalue weighted by molar-refractivity contribution is -0.141. The van der Waals surface area contributed by atoms with E-state index in [0.717, 1.165) is 10.7 Å². The SMILES string of the molecule is Cn1cc(-c2cc(C(F)(F)F)nc(-n3ccc(C(N)=O)n3)n2)cn1. The van der Waals surface area contributed by atoms with E-state index in [4.69, 9.17) is 5.73 Å². The number of hydrogen-bond donors (Lipinski definition) is 1. The van der Waals surface area contributed by atoms with E-state index in [2.05, 4.69) is 20.2 Å². The fourth-order valence-electron chi connectivity index (χ4n) is 1.95. The van der Waals surface area contributed by atoms with Gasteiger partial charge in [0, 0.05) is 25.0 Å². The number of aryl methyl sites for hydroxylation is 1. The topological polar surface area (TPSA) is 105 Å². The van der Waals surface area contributed by atoms with Gasteiger partial charge in [0.25, 0.3) is 11.9 Å². The van der Waals surface area contributed by atoms with E-state index in [-0.39, 0.29) is 17.3 Å².